The first-order chi connectivity index (χ1) is 14.5. The molecular weight excluding hydrogens is 398 g/mol. The second-order valence-corrected chi connectivity index (χ2v) is 9.37. The van der Waals surface area contributed by atoms with E-state index in [-0.39, 0.29) is 23.8 Å². The standard InChI is InChI=1S/C23H29N3O3S/c1-4-6-13-26-20(27)18-16(11-14-30-3)24-23(19(18)21(26)28)15-9-7-8-10-17(15)25(12-5-2)22(23)29/h5,7-10,16,18-19,24H,2,4,6,11-14H2,1,3H3/p+1/t16-,18+,19-,23+/m0/s1. The second-order valence-electron chi connectivity index (χ2n) is 8.39. The molecule has 2 N–H and O–H groups in total. The SMILES string of the molecule is C=CCN1C(=O)[C@@]2([NH2+][C@@H](CCSC)[C@H]3C(=O)N(CCCC)C(=O)[C@H]32)c2ccccc21. The van der Waals surface area contributed by atoms with Crippen molar-refractivity contribution < 1.29 is 19.7 Å². The van der Waals surface area contributed by atoms with E-state index in [0.29, 0.717) is 13.1 Å². The molecule has 0 bridgehead atoms. The van der Waals surface area contributed by atoms with Crippen LogP contribution < -0.4 is 10.2 Å². The van der Waals surface area contributed by atoms with Crippen molar-refractivity contribution in [1.29, 1.82) is 0 Å². The molecule has 3 aliphatic rings. The van der Waals surface area contributed by atoms with Gasteiger partial charge in [-0.25, -0.2) is 0 Å². The molecule has 0 radical (unpaired) electrons. The third kappa shape index (κ3) is 2.86. The van der Waals surface area contributed by atoms with Crippen LogP contribution in [0.2, 0.25) is 0 Å². The number of fused-ring (bicyclic) bond motifs is 4. The van der Waals surface area contributed by atoms with Crippen molar-refractivity contribution in [3.8, 4) is 0 Å². The van der Waals surface area contributed by atoms with Crippen LogP contribution in [0.15, 0.2) is 36.9 Å². The summed E-state index contributed by atoms with van der Waals surface area (Å²) in [4.78, 5) is 44.0. The van der Waals surface area contributed by atoms with Gasteiger partial charge in [-0.2, -0.15) is 11.8 Å². The van der Waals surface area contributed by atoms with E-state index in [1.807, 2.05) is 37.4 Å². The Balaban J connectivity index is 1.83. The summed E-state index contributed by atoms with van der Waals surface area (Å²) in [6.45, 7) is 6.69. The van der Waals surface area contributed by atoms with Gasteiger partial charge in [-0.05, 0) is 24.5 Å². The van der Waals surface area contributed by atoms with Crippen molar-refractivity contribution in [2.45, 2.75) is 37.8 Å². The Morgan fingerprint density at radius 1 is 1.20 bits per heavy atom. The number of amides is 3. The van der Waals surface area contributed by atoms with Crippen molar-refractivity contribution in [2.75, 3.05) is 30.0 Å². The van der Waals surface area contributed by atoms with Gasteiger partial charge in [0.25, 0.3) is 5.91 Å². The number of quaternary nitrogens is 1. The minimum atomic E-state index is -1.05. The van der Waals surface area contributed by atoms with Crippen LogP contribution in [-0.2, 0) is 19.9 Å². The fourth-order valence-corrected chi connectivity index (χ4v) is 6.05. The van der Waals surface area contributed by atoms with Gasteiger partial charge in [0, 0.05) is 25.1 Å². The molecule has 0 aromatic heterocycles. The van der Waals surface area contributed by atoms with Gasteiger partial charge in [0.05, 0.1) is 5.69 Å². The van der Waals surface area contributed by atoms with Gasteiger partial charge in [-0.3, -0.25) is 19.3 Å². The van der Waals surface area contributed by atoms with E-state index in [1.165, 1.54) is 4.90 Å². The van der Waals surface area contributed by atoms with Gasteiger partial charge in [0.2, 0.25) is 17.4 Å². The number of hydrogen-bond donors (Lipinski definition) is 1. The molecule has 1 spiro atoms. The highest BCUT2D eigenvalue weighted by Gasteiger charge is 2.74. The topological polar surface area (TPSA) is 74.3 Å². The molecule has 1 aromatic rings. The summed E-state index contributed by atoms with van der Waals surface area (Å²) in [5.74, 6) is -0.554. The molecular formula is C23H30N3O3S+. The number of carbonyl (C=O) groups excluding carboxylic acids is 3. The predicted octanol–water partition coefficient (Wildman–Crippen LogP) is 1.51. The number of hydrogen-bond acceptors (Lipinski definition) is 4. The van der Waals surface area contributed by atoms with Crippen LogP contribution >= 0.6 is 11.8 Å². The molecule has 7 heteroatoms. The number of para-hydroxylation sites is 1. The Morgan fingerprint density at radius 2 is 1.97 bits per heavy atom. The monoisotopic (exact) mass is 428 g/mol. The fraction of sp³-hybridized carbons (Fsp3) is 0.522. The van der Waals surface area contributed by atoms with Crippen LogP contribution in [0.4, 0.5) is 5.69 Å². The molecule has 1 aromatic carbocycles. The predicted molar refractivity (Wildman–Crippen MR) is 118 cm³/mol. The summed E-state index contributed by atoms with van der Waals surface area (Å²) in [6, 6.07) is 7.63. The van der Waals surface area contributed by atoms with Crippen molar-refractivity contribution in [2.24, 2.45) is 11.8 Å². The number of carbonyl (C=O) groups is 3. The molecule has 30 heavy (non-hydrogen) atoms. The Bertz CT molecular complexity index is 888. The Hall–Kier alpha value is -2.12. The van der Waals surface area contributed by atoms with E-state index >= 15 is 0 Å². The molecule has 3 amide bonds. The van der Waals surface area contributed by atoms with Gasteiger partial charge in [-0.1, -0.05) is 37.6 Å². The Morgan fingerprint density at radius 3 is 2.67 bits per heavy atom. The quantitative estimate of drug-likeness (QED) is 0.503. The number of benzene rings is 1. The van der Waals surface area contributed by atoms with E-state index in [2.05, 4.69) is 11.9 Å². The maximum atomic E-state index is 13.9. The fourth-order valence-electron chi connectivity index (χ4n) is 5.54. The first-order valence-corrected chi connectivity index (χ1v) is 12.1. The number of thioether (sulfide) groups is 1. The maximum Gasteiger partial charge on any atom is 0.294 e. The zero-order valence-corrected chi connectivity index (χ0v) is 18.5. The molecule has 0 saturated carbocycles. The van der Waals surface area contributed by atoms with Crippen molar-refractivity contribution in [3.05, 3.63) is 42.5 Å². The molecule has 3 aliphatic heterocycles. The third-order valence-corrected chi connectivity index (χ3v) is 7.46. The van der Waals surface area contributed by atoms with E-state index in [9.17, 15) is 14.4 Å². The summed E-state index contributed by atoms with van der Waals surface area (Å²) < 4.78 is 0. The summed E-state index contributed by atoms with van der Waals surface area (Å²) in [6.07, 6.45) is 6.24. The molecule has 0 aliphatic carbocycles. The highest BCUT2D eigenvalue weighted by molar-refractivity contribution is 7.98. The molecule has 0 unspecified atom stereocenters. The molecule has 4 atom stereocenters. The van der Waals surface area contributed by atoms with Crippen LogP contribution in [0.3, 0.4) is 0 Å². The number of anilines is 1. The Labute approximate surface area is 182 Å². The summed E-state index contributed by atoms with van der Waals surface area (Å²) in [5, 5.41) is 2.05. The summed E-state index contributed by atoms with van der Waals surface area (Å²) in [5.41, 5.74) is 0.633. The average molecular weight is 429 g/mol. The number of unbranched alkanes of at least 4 members (excludes halogenated alkanes) is 1. The lowest BCUT2D eigenvalue weighted by Crippen LogP contribution is -2.99. The van der Waals surface area contributed by atoms with E-state index < -0.39 is 17.4 Å². The number of likely N-dealkylation sites (tertiary alicyclic amines) is 1. The summed E-state index contributed by atoms with van der Waals surface area (Å²) >= 11 is 1.73. The number of imide groups is 1. The van der Waals surface area contributed by atoms with Crippen molar-refractivity contribution in [3.63, 3.8) is 0 Å². The van der Waals surface area contributed by atoms with Crippen LogP contribution in [0.1, 0.15) is 31.7 Å². The third-order valence-electron chi connectivity index (χ3n) is 6.81. The largest absolute Gasteiger partial charge is 0.326 e. The molecule has 2 fully saturated rings. The molecule has 160 valence electrons. The zero-order valence-electron chi connectivity index (χ0n) is 17.7. The first kappa shape index (κ1) is 21.1. The zero-order chi connectivity index (χ0) is 21.5. The average Bonchev–Trinajstić information content (AvgIpc) is 3.31. The van der Waals surface area contributed by atoms with Crippen molar-refractivity contribution in [1.82, 2.24) is 4.90 Å². The first-order valence-electron chi connectivity index (χ1n) is 10.8. The lowest BCUT2D eigenvalue weighted by molar-refractivity contribution is -0.733. The number of rotatable bonds is 8. The normalized spacial score (nSPS) is 29.8. The van der Waals surface area contributed by atoms with Gasteiger partial charge in [0.15, 0.2) is 0 Å². The van der Waals surface area contributed by atoms with Crippen LogP contribution in [-0.4, -0.2) is 53.8 Å². The smallest absolute Gasteiger partial charge is 0.294 e. The highest BCUT2D eigenvalue weighted by atomic mass is 32.2. The lowest BCUT2D eigenvalue weighted by Gasteiger charge is -2.27. The van der Waals surface area contributed by atoms with Crippen LogP contribution in [0.5, 0.6) is 0 Å². The van der Waals surface area contributed by atoms with E-state index in [1.54, 1.807) is 22.7 Å². The van der Waals surface area contributed by atoms with Gasteiger partial charge in [0.1, 0.15) is 17.9 Å². The van der Waals surface area contributed by atoms with Crippen LogP contribution in [0.25, 0.3) is 0 Å². The van der Waals surface area contributed by atoms with E-state index in [0.717, 1.165) is 36.3 Å². The number of nitrogens with two attached hydrogens (primary N) is 1. The van der Waals surface area contributed by atoms with Gasteiger partial charge >= 0.3 is 0 Å². The summed E-state index contributed by atoms with van der Waals surface area (Å²) in [7, 11) is 0. The molecule has 2 saturated heterocycles. The molecule has 6 nitrogen and oxygen atoms in total. The second kappa shape index (κ2) is 8.19. The lowest BCUT2D eigenvalue weighted by atomic mass is 9.76. The number of nitrogens with zero attached hydrogens (tertiary/aromatic N) is 2. The van der Waals surface area contributed by atoms with Gasteiger partial charge in [-0.15, -0.1) is 6.58 Å². The highest BCUT2D eigenvalue weighted by Crippen LogP contribution is 2.51. The minimum absolute atomic E-state index is 0.0776. The van der Waals surface area contributed by atoms with Crippen LogP contribution in [0, 0.1) is 11.8 Å². The molecule has 3 heterocycles. The maximum absolute atomic E-state index is 13.9. The van der Waals surface area contributed by atoms with Gasteiger partial charge < -0.3 is 10.2 Å². The minimum Gasteiger partial charge on any atom is -0.326 e. The molecule has 4 rings (SSSR count). The van der Waals surface area contributed by atoms with Crippen molar-refractivity contribution >= 4 is 35.2 Å². The van der Waals surface area contributed by atoms with E-state index in [4.69, 9.17) is 0 Å². The Kier molecular flexibility index (Phi) is 5.77.